The maximum Gasteiger partial charge on any atom is 0.326 e. The van der Waals surface area contributed by atoms with Crippen LogP contribution in [0.1, 0.15) is 48.2 Å². The molecule has 1 amide bonds. The average Bonchev–Trinajstić information content (AvgIpc) is 3.15. The maximum atomic E-state index is 13.1. The number of fused-ring (bicyclic) bond motifs is 2. The Bertz CT molecular complexity index is 815. The largest absolute Gasteiger partial charge is 0.480 e. The Kier molecular flexibility index (Phi) is 3.51. The molecular weight excluding hydrogens is 308 g/mol. The number of carboxylic acids is 1. The number of hydrogen-bond donors (Lipinski definition) is 2. The number of aromatic nitrogens is 3. The first-order valence-electron chi connectivity index (χ1n) is 8.42. The third-order valence-electron chi connectivity index (χ3n) is 5.45. The Labute approximate surface area is 139 Å². The lowest BCUT2D eigenvalue weighted by atomic mass is 9.84. The highest BCUT2D eigenvalue weighted by atomic mass is 16.4. The highest BCUT2D eigenvalue weighted by Gasteiger charge is 2.47. The van der Waals surface area contributed by atoms with Gasteiger partial charge in [-0.25, -0.2) is 9.78 Å². The van der Waals surface area contributed by atoms with Gasteiger partial charge in [-0.15, -0.1) is 0 Å². The second kappa shape index (κ2) is 5.58. The van der Waals surface area contributed by atoms with E-state index in [1.165, 1.54) is 6.20 Å². The standard InChI is InChI=1S/C17H20N4O3/c1-9-12-6-11(8-18-15(12)20-19-9)16(22)21-13-5-3-2-4-10(13)7-14(21)17(23)24/h6,8,10,13-14H,2-5,7H2,1H3,(H,23,24)(H,18,19,20)/t10-,13+,14-/m0/s1. The highest BCUT2D eigenvalue weighted by molar-refractivity contribution is 5.99. The van der Waals surface area contributed by atoms with Gasteiger partial charge in [-0.05, 0) is 38.2 Å². The van der Waals surface area contributed by atoms with Gasteiger partial charge in [-0.1, -0.05) is 12.8 Å². The normalized spacial score (nSPS) is 26.5. The summed E-state index contributed by atoms with van der Waals surface area (Å²) in [5.41, 5.74) is 1.85. The van der Waals surface area contributed by atoms with Crippen molar-refractivity contribution in [3.63, 3.8) is 0 Å². The Balaban J connectivity index is 1.71. The third kappa shape index (κ3) is 2.26. The minimum absolute atomic E-state index is 0.0356. The number of aromatic amines is 1. The fourth-order valence-electron chi connectivity index (χ4n) is 4.26. The Morgan fingerprint density at radius 3 is 2.92 bits per heavy atom. The molecular formula is C17H20N4O3. The van der Waals surface area contributed by atoms with Crippen molar-refractivity contribution in [3.05, 3.63) is 23.5 Å². The molecule has 2 aliphatic rings. The molecule has 7 heteroatoms. The summed E-state index contributed by atoms with van der Waals surface area (Å²) < 4.78 is 0. The minimum Gasteiger partial charge on any atom is -0.480 e. The van der Waals surface area contributed by atoms with Crippen LogP contribution in [-0.2, 0) is 4.79 Å². The van der Waals surface area contributed by atoms with Crippen molar-refractivity contribution in [1.29, 1.82) is 0 Å². The summed E-state index contributed by atoms with van der Waals surface area (Å²) in [5.74, 6) is -0.839. The van der Waals surface area contributed by atoms with Crippen LogP contribution in [0.5, 0.6) is 0 Å². The van der Waals surface area contributed by atoms with Crippen LogP contribution in [0.2, 0.25) is 0 Å². The third-order valence-corrected chi connectivity index (χ3v) is 5.45. The zero-order valence-electron chi connectivity index (χ0n) is 13.5. The van der Waals surface area contributed by atoms with Crippen LogP contribution in [-0.4, -0.2) is 49.1 Å². The molecule has 1 aliphatic heterocycles. The second-order valence-electron chi connectivity index (χ2n) is 6.86. The fourth-order valence-corrected chi connectivity index (χ4v) is 4.26. The topological polar surface area (TPSA) is 99.2 Å². The molecule has 2 aromatic heterocycles. The Hall–Kier alpha value is -2.44. The summed E-state index contributed by atoms with van der Waals surface area (Å²) >= 11 is 0. The van der Waals surface area contributed by atoms with Crippen LogP contribution in [0.4, 0.5) is 0 Å². The van der Waals surface area contributed by atoms with Gasteiger partial charge in [0.2, 0.25) is 0 Å². The fraction of sp³-hybridized carbons (Fsp3) is 0.529. The summed E-state index contributed by atoms with van der Waals surface area (Å²) in [7, 11) is 0. The number of aryl methyl sites for hydroxylation is 1. The zero-order valence-corrected chi connectivity index (χ0v) is 13.5. The first-order chi connectivity index (χ1) is 11.6. The van der Waals surface area contributed by atoms with E-state index < -0.39 is 12.0 Å². The predicted octanol–water partition coefficient (Wildman–Crippen LogP) is 2.12. The summed E-state index contributed by atoms with van der Waals surface area (Å²) in [4.78, 5) is 30.6. The van der Waals surface area contributed by atoms with E-state index in [4.69, 9.17) is 0 Å². The van der Waals surface area contributed by atoms with Crippen molar-refractivity contribution in [1.82, 2.24) is 20.1 Å². The van der Waals surface area contributed by atoms with Crippen molar-refractivity contribution in [2.75, 3.05) is 0 Å². The second-order valence-corrected chi connectivity index (χ2v) is 6.86. The molecule has 2 aromatic rings. The molecule has 2 fully saturated rings. The molecule has 7 nitrogen and oxygen atoms in total. The van der Waals surface area contributed by atoms with Crippen molar-refractivity contribution < 1.29 is 14.7 Å². The first-order valence-corrected chi connectivity index (χ1v) is 8.42. The Morgan fingerprint density at radius 1 is 1.33 bits per heavy atom. The van der Waals surface area contributed by atoms with E-state index in [0.717, 1.165) is 36.8 Å². The number of rotatable bonds is 2. The molecule has 1 saturated carbocycles. The molecule has 0 aromatic carbocycles. The lowest BCUT2D eigenvalue weighted by Gasteiger charge is -2.33. The van der Waals surface area contributed by atoms with E-state index in [1.54, 1.807) is 11.0 Å². The molecule has 3 atom stereocenters. The van der Waals surface area contributed by atoms with Gasteiger partial charge in [-0.2, -0.15) is 5.10 Å². The number of nitrogens with one attached hydrogen (secondary N) is 1. The van der Waals surface area contributed by atoms with E-state index in [1.807, 2.05) is 6.92 Å². The van der Waals surface area contributed by atoms with Crippen molar-refractivity contribution in [2.45, 2.75) is 51.1 Å². The lowest BCUT2D eigenvalue weighted by molar-refractivity contribution is -0.141. The summed E-state index contributed by atoms with van der Waals surface area (Å²) in [6.07, 6.45) is 6.13. The molecule has 24 heavy (non-hydrogen) atoms. The quantitative estimate of drug-likeness (QED) is 0.880. The van der Waals surface area contributed by atoms with E-state index >= 15 is 0 Å². The monoisotopic (exact) mass is 328 g/mol. The van der Waals surface area contributed by atoms with Crippen LogP contribution in [0.25, 0.3) is 11.0 Å². The summed E-state index contributed by atoms with van der Waals surface area (Å²) in [6, 6.07) is 1.07. The van der Waals surface area contributed by atoms with Crippen LogP contribution < -0.4 is 0 Å². The van der Waals surface area contributed by atoms with Crippen LogP contribution in [0.3, 0.4) is 0 Å². The van der Waals surface area contributed by atoms with E-state index in [2.05, 4.69) is 15.2 Å². The molecule has 0 spiro atoms. The van der Waals surface area contributed by atoms with Gasteiger partial charge in [0.25, 0.3) is 5.91 Å². The van der Waals surface area contributed by atoms with Crippen molar-refractivity contribution in [3.8, 4) is 0 Å². The number of H-pyrrole nitrogens is 1. The van der Waals surface area contributed by atoms with E-state index in [-0.39, 0.29) is 11.9 Å². The number of nitrogens with zero attached hydrogens (tertiary/aromatic N) is 3. The van der Waals surface area contributed by atoms with E-state index in [0.29, 0.717) is 23.5 Å². The number of likely N-dealkylation sites (tertiary alicyclic amines) is 1. The highest BCUT2D eigenvalue weighted by Crippen LogP contribution is 2.40. The van der Waals surface area contributed by atoms with Crippen LogP contribution >= 0.6 is 0 Å². The zero-order chi connectivity index (χ0) is 16.8. The number of pyridine rings is 1. The van der Waals surface area contributed by atoms with Gasteiger partial charge in [0, 0.05) is 23.3 Å². The molecule has 4 rings (SSSR count). The van der Waals surface area contributed by atoms with Gasteiger partial charge < -0.3 is 10.0 Å². The first kappa shape index (κ1) is 15.1. The minimum atomic E-state index is -0.911. The average molecular weight is 328 g/mol. The number of carbonyl (C=O) groups is 2. The number of carboxylic acid groups (broad SMARTS) is 1. The molecule has 0 bridgehead atoms. The lowest BCUT2D eigenvalue weighted by Crippen LogP contribution is -2.46. The number of aliphatic carboxylic acids is 1. The number of carbonyl (C=O) groups excluding carboxylic acids is 1. The molecule has 2 N–H and O–H groups in total. The number of amides is 1. The molecule has 1 saturated heterocycles. The maximum absolute atomic E-state index is 13.1. The SMILES string of the molecule is Cc1[nH]nc2ncc(C(=O)N3[C@@H]4CCCC[C@H]4C[C@H]3C(=O)O)cc12. The van der Waals surface area contributed by atoms with E-state index in [9.17, 15) is 14.7 Å². The summed E-state index contributed by atoms with van der Waals surface area (Å²) in [6.45, 7) is 1.87. The van der Waals surface area contributed by atoms with Gasteiger partial charge in [0.15, 0.2) is 5.65 Å². The van der Waals surface area contributed by atoms with Crippen LogP contribution in [0.15, 0.2) is 12.3 Å². The molecule has 1 aliphatic carbocycles. The molecule has 126 valence electrons. The van der Waals surface area contributed by atoms with Gasteiger partial charge in [-0.3, -0.25) is 9.89 Å². The predicted molar refractivity (Wildman–Crippen MR) is 86.6 cm³/mol. The van der Waals surface area contributed by atoms with Gasteiger partial charge in [0.1, 0.15) is 6.04 Å². The number of hydrogen-bond acceptors (Lipinski definition) is 4. The molecule has 3 heterocycles. The van der Waals surface area contributed by atoms with Gasteiger partial charge in [0.05, 0.1) is 5.56 Å². The summed E-state index contributed by atoms with van der Waals surface area (Å²) in [5, 5.41) is 17.3. The molecule has 0 unspecified atom stereocenters. The Morgan fingerprint density at radius 2 is 2.12 bits per heavy atom. The van der Waals surface area contributed by atoms with Gasteiger partial charge >= 0.3 is 5.97 Å². The van der Waals surface area contributed by atoms with Crippen LogP contribution in [0, 0.1) is 12.8 Å². The smallest absolute Gasteiger partial charge is 0.326 e. The molecule has 0 radical (unpaired) electrons. The van der Waals surface area contributed by atoms with Crippen molar-refractivity contribution >= 4 is 22.9 Å². The van der Waals surface area contributed by atoms with Crippen molar-refractivity contribution in [2.24, 2.45) is 5.92 Å².